The van der Waals surface area contributed by atoms with E-state index in [1.54, 1.807) is 19.2 Å². The van der Waals surface area contributed by atoms with Gasteiger partial charge in [-0.1, -0.05) is 6.07 Å². The highest BCUT2D eigenvalue weighted by Crippen LogP contribution is 2.34. The summed E-state index contributed by atoms with van der Waals surface area (Å²) in [5.41, 5.74) is 4.94. The maximum atomic E-state index is 14.0. The van der Waals surface area contributed by atoms with Crippen LogP contribution < -0.4 is 10.6 Å². The average Bonchev–Trinajstić information content (AvgIpc) is 2.66. The molecule has 0 unspecified atom stereocenters. The number of hydrogen-bond acceptors (Lipinski definition) is 4. The first kappa shape index (κ1) is 16.8. The van der Waals surface area contributed by atoms with E-state index in [4.69, 9.17) is 4.98 Å². The minimum atomic E-state index is -0.191. The third-order valence-electron chi connectivity index (χ3n) is 4.94. The zero-order valence-electron chi connectivity index (χ0n) is 15.0. The van der Waals surface area contributed by atoms with E-state index in [0.29, 0.717) is 5.56 Å². The van der Waals surface area contributed by atoms with Crippen LogP contribution in [0.1, 0.15) is 29.7 Å². The second-order valence-corrected chi connectivity index (χ2v) is 6.81. The Kier molecular flexibility index (Phi) is 4.69. The molecule has 0 amide bonds. The number of nitrogens with one attached hydrogen (secondary N) is 2. The molecular weight excluding hydrogens is 327 g/mol. The van der Waals surface area contributed by atoms with Crippen molar-refractivity contribution in [1.82, 2.24) is 9.97 Å². The number of anilines is 2. The maximum Gasteiger partial charge on any atom is 0.128 e. The minimum absolute atomic E-state index is 0.191. The molecule has 0 radical (unpaired) electrons. The highest BCUT2D eigenvalue weighted by Gasteiger charge is 2.19. The van der Waals surface area contributed by atoms with Crippen molar-refractivity contribution in [3.05, 3.63) is 59.2 Å². The summed E-state index contributed by atoms with van der Waals surface area (Å²) in [6, 6.07) is 9.31. The van der Waals surface area contributed by atoms with E-state index < -0.39 is 0 Å². The van der Waals surface area contributed by atoms with Crippen molar-refractivity contribution < 1.29 is 4.39 Å². The van der Waals surface area contributed by atoms with Gasteiger partial charge in [0.15, 0.2) is 0 Å². The molecule has 2 aromatic heterocycles. The molecule has 0 aliphatic heterocycles. The Balaban J connectivity index is 1.60. The lowest BCUT2D eigenvalue weighted by molar-refractivity contribution is 0.619. The SMILES string of the molecule is Cc1cc2c(NCCNc3ccccn3)c3c(nc2cc1F)CCCC3. The van der Waals surface area contributed by atoms with E-state index in [2.05, 4.69) is 15.6 Å². The zero-order chi connectivity index (χ0) is 17.9. The maximum absolute atomic E-state index is 14.0. The fourth-order valence-corrected chi connectivity index (χ4v) is 3.60. The van der Waals surface area contributed by atoms with Gasteiger partial charge in [0.1, 0.15) is 11.6 Å². The van der Waals surface area contributed by atoms with E-state index in [-0.39, 0.29) is 5.82 Å². The predicted octanol–water partition coefficient (Wildman–Crippen LogP) is 4.48. The van der Waals surface area contributed by atoms with Crippen LogP contribution in [0.2, 0.25) is 0 Å². The molecule has 1 aliphatic carbocycles. The number of rotatable bonds is 5. The number of aryl methyl sites for hydroxylation is 2. The average molecular weight is 350 g/mol. The van der Waals surface area contributed by atoms with Crippen LogP contribution in [0.25, 0.3) is 10.9 Å². The van der Waals surface area contributed by atoms with Crippen molar-refractivity contribution >= 4 is 22.4 Å². The third kappa shape index (κ3) is 3.34. The first-order valence-corrected chi connectivity index (χ1v) is 9.23. The summed E-state index contributed by atoms with van der Waals surface area (Å²) in [5.74, 6) is 0.678. The Morgan fingerprint density at radius 2 is 1.92 bits per heavy atom. The molecule has 2 heterocycles. The number of pyridine rings is 2. The van der Waals surface area contributed by atoms with Crippen LogP contribution in [0.15, 0.2) is 36.5 Å². The third-order valence-corrected chi connectivity index (χ3v) is 4.94. The lowest BCUT2D eigenvalue weighted by Crippen LogP contribution is -2.17. The van der Waals surface area contributed by atoms with Crippen molar-refractivity contribution in [2.45, 2.75) is 32.6 Å². The fourth-order valence-electron chi connectivity index (χ4n) is 3.60. The molecule has 4 rings (SSSR count). The molecule has 0 fully saturated rings. The van der Waals surface area contributed by atoms with Crippen LogP contribution in [-0.4, -0.2) is 23.1 Å². The number of nitrogens with zero attached hydrogens (tertiary/aromatic N) is 2. The van der Waals surface area contributed by atoms with Gasteiger partial charge in [0, 0.05) is 42.1 Å². The fraction of sp³-hybridized carbons (Fsp3) is 0.333. The van der Waals surface area contributed by atoms with Crippen LogP contribution in [0.4, 0.5) is 15.9 Å². The van der Waals surface area contributed by atoms with Gasteiger partial charge in [-0.3, -0.25) is 4.98 Å². The Morgan fingerprint density at radius 3 is 2.77 bits per heavy atom. The monoisotopic (exact) mass is 350 g/mol. The van der Waals surface area contributed by atoms with Crippen molar-refractivity contribution in [3.63, 3.8) is 0 Å². The second-order valence-electron chi connectivity index (χ2n) is 6.81. The molecule has 0 spiro atoms. The minimum Gasteiger partial charge on any atom is -0.382 e. The van der Waals surface area contributed by atoms with E-state index in [9.17, 15) is 4.39 Å². The van der Waals surface area contributed by atoms with Gasteiger partial charge >= 0.3 is 0 Å². The van der Waals surface area contributed by atoms with Crippen LogP contribution in [0.3, 0.4) is 0 Å². The van der Waals surface area contributed by atoms with E-state index in [0.717, 1.165) is 60.5 Å². The van der Waals surface area contributed by atoms with Gasteiger partial charge < -0.3 is 10.6 Å². The van der Waals surface area contributed by atoms with E-state index >= 15 is 0 Å². The van der Waals surface area contributed by atoms with Crippen LogP contribution >= 0.6 is 0 Å². The Bertz CT molecular complexity index is 924. The lowest BCUT2D eigenvalue weighted by Gasteiger charge is -2.22. The number of hydrogen-bond donors (Lipinski definition) is 2. The second kappa shape index (κ2) is 7.28. The molecule has 2 N–H and O–H groups in total. The molecule has 0 bridgehead atoms. The molecule has 0 saturated heterocycles. The first-order chi connectivity index (χ1) is 12.7. The van der Waals surface area contributed by atoms with Crippen molar-refractivity contribution in [1.29, 1.82) is 0 Å². The standard InChI is InChI=1S/C21H23FN4/c1-14-12-16-19(13-17(14)22)26-18-7-3-2-6-15(18)21(16)25-11-10-24-20-8-4-5-9-23-20/h4-5,8-9,12-13H,2-3,6-7,10-11H2,1H3,(H,23,24)(H,25,26). The molecule has 3 aromatic rings. The topological polar surface area (TPSA) is 49.8 Å². The Hall–Kier alpha value is -2.69. The molecule has 134 valence electrons. The number of halogens is 1. The molecule has 1 aromatic carbocycles. The Labute approximate surface area is 152 Å². The summed E-state index contributed by atoms with van der Waals surface area (Å²) in [5, 5.41) is 7.91. The number of aromatic nitrogens is 2. The van der Waals surface area contributed by atoms with Crippen LogP contribution in [0.5, 0.6) is 0 Å². The van der Waals surface area contributed by atoms with E-state index in [1.165, 1.54) is 12.0 Å². The molecular formula is C21H23FN4. The van der Waals surface area contributed by atoms with Crippen LogP contribution in [-0.2, 0) is 12.8 Å². The van der Waals surface area contributed by atoms with Gasteiger partial charge in [0.05, 0.1) is 5.52 Å². The van der Waals surface area contributed by atoms with Gasteiger partial charge in [0.25, 0.3) is 0 Å². The highest BCUT2D eigenvalue weighted by atomic mass is 19.1. The number of fused-ring (bicyclic) bond motifs is 2. The molecule has 4 nitrogen and oxygen atoms in total. The summed E-state index contributed by atoms with van der Waals surface area (Å²) >= 11 is 0. The molecule has 0 saturated carbocycles. The first-order valence-electron chi connectivity index (χ1n) is 9.23. The van der Waals surface area contributed by atoms with E-state index in [1.807, 2.05) is 24.3 Å². The normalized spacial score (nSPS) is 13.5. The van der Waals surface area contributed by atoms with Gasteiger partial charge in [-0.2, -0.15) is 0 Å². The summed E-state index contributed by atoms with van der Waals surface area (Å²) < 4.78 is 14.0. The van der Waals surface area contributed by atoms with Crippen molar-refractivity contribution in [2.24, 2.45) is 0 Å². The van der Waals surface area contributed by atoms with Crippen LogP contribution in [0, 0.1) is 12.7 Å². The zero-order valence-corrected chi connectivity index (χ0v) is 15.0. The number of benzene rings is 1. The van der Waals surface area contributed by atoms with Gasteiger partial charge in [-0.25, -0.2) is 9.37 Å². The largest absolute Gasteiger partial charge is 0.382 e. The molecule has 26 heavy (non-hydrogen) atoms. The quantitative estimate of drug-likeness (QED) is 0.666. The smallest absolute Gasteiger partial charge is 0.128 e. The summed E-state index contributed by atoms with van der Waals surface area (Å²) in [6.07, 6.45) is 6.12. The highest BCUT2D eigenvalue weighted by molar-refractivity contribution is 5.94. The summed E-state index contributed by atoms with van der Waals surface area (Å²) in [4.78, 5) is 9.02. The van der Waals surface area contributed by atoms with Gasteiger partial charge in [0.2, 0.25) is 0 Å². The Morgan fingerprint density at radius 1 is 1.08 bits per heavy atom. The van der Waals surface area contributed by atoms with Crippen molar-refractivity contribution in [2.75, 3.05) is 23.7 Å². The van der Waals surface area contributed by atoms with Gasteiger partial charge in [-0.15, -0.1) is 0 Å². The summed E-state index contributed by atoms with van der Waals surface area (Å²) in [7, 11) is 0. The van der Waals surface area contributed by atoms with Crippen molar-refractivity contribution in [3.8, 4) is 0 Å². The predicted molar refractivity (Wildman–Crippen MR) is 104 cm³/mol. The molecule has 0 atom stereocenters. The lowest BCUT2D eigenvalue weighted by atomic mass is 9.92. The molecule has 1 aliphatic rings. The van der Waals surface area contributed by atoms with Gasteiger partial charge in [-0.05, 0) is 61.9 Å². The summed E-state index contributed by atoms with van der Waals surface area (Å²) in [6.45, 7) is 3.33. The molecule has 5 heteroatoms.